The van der Waals surface area contributed by atoms with E-state index in [-0.39, 0.29) is 32.0 Å². The van der Waals surface area contributed by atoms with Gasteiger partial charge in [-0.25, -0.2) is 8.42 Å². The van der Waals surface area contributed by atoms with Gasteiger partial charge < -0.3 is 5.32 Å². The molecular weight excluding hydrogens is 477 g/mol. The van der Waals surface area contributed by atoms with E-state index in [1.54, 1.807) is 25.1 Å². The van der Waals surface area contributed by atoms with Gasteiger partial charge in [0.15, 0.2) is 0 Å². The number of nitrogens with one attached hydrogen (secondary N) is 1. The Morgan fingerprint density at radius 1 is 1.03 bits per heavy atom. The van der Waals surface area contributed by atoms with Gasteiger partial charge in [-0.1, -0.05) is 47.5 Å². The van der Waals surface area contributed by atoms with Crippen LogP contribution < -0.4 is 9.62 Å². The van der Waals surface area contributed by atoms with Crippen LogP contribution >= 0.6 is 23.2 Å². The van der Waals surface area contributed by atoms with E-state index < -0.39 is 27.4 Å². The Morgan fingerprint density at radius 3 is 2.25 bits per heavy atom. The average molecular weight is 494 g/mol. The van der Waals surface area contributed by atoms with Crippen molar-refractivity contribution in [3.05, 3.63) is 92.5 Å². The van der Waals surface area contributed by atoms with Crippen molar-refractivity contribution < 1.29 is 18.1 Å². The minimum absolute atomic E-state index is 0.0320. The van der Waals surface area contributed by atoms with Gasteiger partial charge in [0, 0.05) is 22.2 Å². The highest BCUT2D eigenvalue weighted by molar-refractivity contribution is 7.92. The number of non-ortho nitro benzene ring substituents is 1. The molecule has 166 valence electrons. The molecule has 0 radical (unpaired) electrons. The number of benzene rings is 3. The number of carbonyl (C=O) groups is 1. The first-order valence-electron chi connectivity index (χ1n) is 9.17. The Balaban J connectivity index is 1.99. The molecule has 0 saturated heterocycles. The molecule has 0 aliphatic rings. The first-order valence-corrected chi connectivity index (χ1v) is 11.4. The molecule has 0 aliphatic heterocycles. The van der Waals surface area contributed by atoms with E-state index in [4.69, 9.17) is 23.2 Å². The van der Waals surface area contributed by atoms with Crippen molar-refractivity contribution in [3.63, 3.8) is 0 Å². The van der Waals surface area contributed by atoms with E-state index in [1.807, 2.05) is 0 Å². The topological polar surface area (TPSA) is 110 Å². The fraction of sp³-hybridized carbons (Fsp3) is 0.0952. The Morgan fingerprint density at radius 2 is 1.66 bits per heavy atom. The Hall–Kier alpha value is -3.14. The zero-order chi connectivity index (χ0) is 23.5. The monoisotopic (exact) mass is 493 g/mol. The zero-order valence-electron chi connectivity index (χ0n) is 16.7. The largest absolute Gasteiger partial charge is 0.324 e. The fourth-order valence-electron chi connectivity index (χ4n) is 2.90. The summed E-state index contributed by atoms with van der Waals surface area (Å²) in [5.41, 5.74) is 0.663. The number of amides is 1. The maximum Gasteiger partial charge on any atom is 0.271 e. The molecule has 0 saturated carbocycles. The lowest BCUT2D eigenvalue weighted by molar-refractivity contribution is -0.384. The minimum Gasteiger partial charge on any atom is -0.324 e. The predicted octanol–water partition coefficient (Wildman–Crippen LogP) is 5.04. The van der Waals surface area contributed by atoms with Crippen molar-refractivity contribution in [2.45, 2.75) is 11.8 Å². The van der Waals surface area contributed by atoms with Crippen molar-refractivity contribution in [2.24, 2.45) is 0 Å². The molecule has 0 atom stereocenters. The van der Waals surface area contributed by atoms with E-state index in [1.165, 1.54) is 48.5 Å². The maximum absolute atomic E-state index is 13.3. The number of nitro benzene ring substituents is 1. The first-order chi connectivity index (χ1) is 15.1. The third-order valence-electron chi connectivity index (χ3n) is 4.46. The van der Waals surface area contributed by atoms with Gasteiger partial charge in [0.25, 0.3) is 15.7 Å². The molecule has 1 amide bonds. The summed E-state index contributed by atoms with van der Waals surface area (Å²) in [5, 5.41) is 14.0. The van der Waals surface area contributed by atoms with Crippen molar-refractivity contribution in [3.8, 4) is 0 Å². The highest BCUT2D eigenvalue weighted by Gasteiger charge is 2.28. The van der Waals surface area contributed by atoms with Crippen LogP contribution in [-0.4, -0.2) is 25.8 Å². The summed E-state index contributed by atoms with van der Waals surface area (Å²) in [6, 6.07) is 15.8. The minimum atomic E-state index is -4.16. The number of halogens is 2. The van der Waals surface area contributed by atoms with Crippen molar-refractivity contribution in [2.75, 3.05) is 16.2 Å². The molecule has 0 fully saturated rings. The molecule has 0 unspecified atom stereocenters. The second-order valence-corrected chi connectivity index (χ2v) is 9.49. The lowest BCUT2D eigenvalue weighted by atomic mass is 10.2. The van der Waals surface area contributed by atoms with Crippen LogP contribution in [0.2, 0.25) is 10.0 Å². The number of sulfonamides is 1. The highest BCUT2D eigenvalue weighted by Crippen LogP contribution is 2.30. The van der Waals surface area contributed by atoms with Crippen LogP contribution in [0.15, 0.2) is 71.6 Å². The predicted molar refractivity (Wildman–Crippen MR) is 124 cm³/mol. The number of hydrogen-bond donors (Lipinski definition) is 1. The van der Waals surface area contributed by atoms with Gasteiger partial charge in [0.05, 0.1) is 21.2 Å². The van der Waals surface area contributed by atoms with Crippen LogP contribution in [0.4, 0.5) is 17.1 Å². The molecular formula is C21H17Cl2N3O5S. The first kappa shape index (κ1) is 23.5. The number of rotatable bonds is 7. The quantitative estimate of drug-likeness (QED) is 0.366. The third-order valence-corrected chi connectivity index (χ3v) is 6.68. The molecule has 3 rings (SSSR count). The summed E-state index contributed by atoms with van der Waals surface area (Å²) < 4.78 is 27.5. The summed E-state index contributed by atoms with van der Waals surface area (Å²) in [6.07, 6.45) is 0. The molecule has 0 spiro atoms. The van der Waals surface area contributed by atoms with Gasteiger partial charge in [0.1, 0.15) is 6.54 Å². The van der Waals surface area contributed by atoms with E-state index in [9.17, 15) is 23.3 Å². The Bertz CT molecular complexity index is 1260. The highest BCUT2D eigenvalue weighted by atomic mass is 35.5. The molecule has 3 aromatic carbocycles. The van der Waals surface area contributed by atoms with Crippen molar-refractivity contribution in [1.29, 1.82) is 0 Å². The van der Waals surface area contributed by atoms with Crippen LogP contribution in [0.1, 0.15) is 5.56 Å². The lowest BCUT2D eigenvalue weighted by Crippen LogP contribution is -2.38. The van der Waals surface area contributed by atoms with Gasteiger partial charge in [-0.3, -0.25) is 19.2 Å². The second kappa shape index (κ2) is 9.56. The second-order valence-electron chi connectivity index (χ2n) is 6.76. The summed E-state index contributed by atoms with van der Waals surface area (Å²) >= 11 is 12.1. The number of carbonyl (C=O) groups excluding carboxylic acids is 1. The number of nitrogens with zero attached hydrogens (tertiary/aromatic N) is 2. The Kier molecular flexibility index (Phi) is 7.02. The van der Waals surface area contributed by atoms with Crippen LogP contribution in [0, 0.1) is 17.0 Å². The average Bonchev–Trinajstić information content (AvgIpc) is 2.73. The summed E-state index contributed by atoms with van der Waals surface area (Å²) in [6.45, 7) is 1.05. The van der Waals surface area contributed by atoms with Crippen LogP contribution in [0.5, 0.6) is 0 Å². The maximum atomic E-state index is 13.3. The van der Waals surface area contributed by atoms with Crippen LogP contribution in [0.3, 0.4) is 0 Å². The number of aryl methyl sites for hydroxylation is 1. The Labute approximate surface area is 194 Å². The standard InChI is InChI=1S/C21H17Cl2N3O5S/c1-14-7-8-17(26(28)29)12-20(14)24-21(27)13-25(18-10-15(22)9-16(23)11-18)32(30,31)19-5-3-2-4-6-19/h2-12H,13H2,1H3,(H,24,27). The van der Waals surface area contributed by atoms with E-state index >= 15 is 0 Å². The van der Waals surface area contributed by atoms with Gasteiger partial charge in [-0.2, -0.15) is 0 Å². The number of hydrogen-bond acceptors (Lipinski definition) is 5. The zero-order valence-corrected chi connectivity index (χ0v) is 19.0. The molecule has 0 bridgehead atoms. The van der Waals surface area contributed by atoms with Gasteiger partial charge in [-0.05, 0) is 42.8 Å². The summed E-state index contributed by atoms with van der Waals surface area (Å²) in [7, 11) is -4.16. The van der Waals surface area contributed by atoms with E-state index in [0.29, 0.717) is 5.56 Å². The summed E-state index contributed by atoms with van der Waals surface area (Å²) in [5.74, 6) is -0.704. The van der Waals surface area contributed by atoms with Crippen molar-refractivity contribution in [1.82, 2.24) is 0 Å². The normalized spacial score (nSPS) is 11.1. The molecule has 3 aromatic rings. The molecule has 8 nitrogen and oxygen atoms in total. The SMILES string of the molecule is Cc1ccc([N+](=O)[O-])cc1NC(=O)CN(c1cc(Cl)cc(Cl)c1)S(=O)(=O)c1ccccc1. The molecule has 32 heavy (non-hydrogen) atoms. The van der Waals surface area contributed by atoms with Crippen molar-refractivity contribution >= 4 is 56.2 Å². The molecule has 0 aliphatic carbocycles. The molecule has 11 heteroatoms. The van der Waals surface area contributed by atoms with E-state index in [0.717, 1.165) is 4.31 Å². The van der Waals surface area contributed by atoms with Crippen LogP contribution in [0.25, 0.3) is 0 Å². The summed E-state index contributed by atoms with van der Waals surface area (Å²) in [4.78, 5) is 23.2. The van der Waals surface area contributed by atoms with Crippen LogP contribution in [-0.2, 0) is 14.8 Å². The van der Waals surface area contributed by atoms with Gasteiger partial charge in [0.2, 0.25) is 5.91 Å². The number of anilines is 2. The third kappa shape index (κ3) is 5.37. The number of nitro groups is 1. The molecule has 1 N–H and O–H groups in total. The lowest BCUT2D eigenvalue weighted by Gasteiger charge is -2.24. The molecule has 0 heterocycles. The van der Waals surface area contributed by atoms with Gasteiger partial charge in [-0.15, -0.1) is 0 Å². The fourth-order valence-corrected chi connectivity index (χ4v) is 4.84. The smallest absolute Gasteiger partial charge is 0.271 e. The molecule has 0 aromatic heterocycles. The van der Waals surface area contributed by atoms with E-state index in [2.05, 4.69) is 5.32 Å². The van der Waals surface area contributed by atoms with Gasteiger partial charge >= 0.3 is 0 Å².